The molecule has 4 atom stereocenters. The Balaban J connectivity index is 1.69. The van der Waals surface area contributed by atoms with Crippen molar-refractivity contribution in [3.8, 4) is 11.1 Å². The average molecular weight is 457 g/mol. The van der Waals surface area contributed by atoms with Gasteiger partial charge in [0.25, 0.3) is 5.56 Å². The van der Waals surface area contributed by atoms with Gasteiger partial charge >= 0.3 is 0 Å². The van der Waals surface area contributed by atoms with Crippen LogP contribution < -0.4 is 10.9 Å². The Kier molecular flexibility index (Phi) is 6.97. The monoisotopic (exact) mass is 456 g/mol. The number of halogens is 1. The number of amides is 1. The predicted molar refractivity (Wildman–Crippen MR) is 125 cm³/mol. The molecule has 3 heterocycles. The number of hydrogen-bond donors (Lipinski definition) is 2. The Hall–Kier alpha value is -2.55. The fourth-order valence-electron chi connectivity index (χ4n) is 5.56. The van der Waals surface area contributed by atoms with Gasteiger partial charge in [0, 0.05) is 42.9 Å². The SMILES string of the molecule is CCN1[C@@H]2c3ccc(-c4cccc(F)c4)c(=O)n3C[C@H]1[C@H](CO)[C@H]2C(=O)NCCCN(C)C. The lowest BCUT2D eigenvalue weighted by Crippen LogP contribution is -2.46. The third kappa shape index (κ3) is 4.35. The van der Waals surface area contributed by atoms with Gasteiger partial charge in [0.15, 0.2) is 0 Å². The molecule has 7 nitrogen and oxygen atoms in total. The molecule has 178 valence electrons. The number of aliphatic hydroxyl groups is 1. The van der Waals surface area contributed by atoms with Crippen molar-refractivity contribution in [2.24, 2.45) is 11.8 Å². The standard InChI is InChI=1S/C25H33FN4O3/c1-4-29-21-14-30-20(10-9-18(25(30)33)16-7-5-8-17(26)13-16)23(29)22(19(21)15-31)24(32)27-11-6-12-28(2)3/h5,7-10,13,19,21-23,31H,4,6,11-12,14-15H2,1-3H3,(H,27,32)/t19-,21-,22+,23+/m0/s1. The van der Waals surface area contributed by atoms with Crippen LogP contribution >= 0.6 is 0 Å². The summed E-state index contributed by atoms with van der Waals surface area (Å²) in [5, 5.41) is 13.3. The molecule has 1 aromatic heterocycles. The molecule has 2 aliphatic rings. The van der Waals surface area contributed by atoms with Crippen LogP contribution in [0.4, 0.5) is 4.39 Å². The van der Waals surface area contributed by atoms with Gasteiger partial charge < -0.3 is 19.9 Å². The van der Waals surface area contributed by atoms with Gasteiger partial charge in [0.1, 0.15) is 5.82 Å². The molecular formula is C25H33FN4O3. The van der Waals surface area contributed by atoms with E-state index in [-0.39, 0.29) is 36.1 Å². The van der Waals surface area contributed by atoms with E-state index in [1.54, 1.807) is 22.8 Å². The quantitative estimate of drug-likeness (QED) is 0.592. The minimum absolute atomic E-state index is 0.0751. The van der Waals surface area contributed by atoms with E-state index in [1.807, 2.05) is 27.1 Å². The van der Waals surface area contributed by atoms with Crippen molar-refractivity contribution in [3.63, 3.8) is 0 Å². The molecule has 1 aromatic carbocycles. The number of nitrogens with zero attached hydrogens (tertiary/aromatic N) is 3. The van der Waals surface area contributed by atoms with Gasteiger partial charge in [0.05, 0.1) is 12.0 Å². The molecule has 2 N–H and O–H groups in total. The summed E-state index contributed by atoms with van der Waals surface area (Å²) in [5.74, 6) is -1.17. The second-order valence-electron chi connectivity index (χ2n) is 9.26. The molecular weight excluding hydrogens is 423 g/mol. The molecule has 0 unspecified atom stereocenters. The summed E-state index contributed by atoms with van der Waals surface area (Å²) >= 11 is 0. The van der Waals surface area contributed by atoms with E-state index < -0.39 is 11.7 Å². The fourth-order valence-corrected chi connectivity index (χ4v) is 5.56. The minimum atomic E-state index is -0.438. The van der Waals surface area contributed by atoms with Crippen LogP contribution in [-0.2, 0) is 11.3 Å². The van der Waals surface area contributed by atoms with Crippen molar-refractivity contribution in [1.29, 1.82) is 0 Å². The second-order valence-corrected chi connectivity index (χ2v) is 9.26. The fraction of sp³-hybridized carbons (Fsp3) is 0.520. The lowest BCUT2D eigenvalue weighted by atomic mass is 9.86. The summed E-state index contributed by atoms with van der Waals surface area (Å²) in [7, 11) is 3.99. The largest absolute Gasteiger partial charge is 0.396 e. The van der Waals surface area contributed by atoms with Gasteiger partial charge in [-0.15, -0.1) is 0 Å². The highest BCUT2D eigenvalue weighted by atomic mass is 19.1. The van der Waals surface area contributed by atoms with Gasteiger partial charge in [-0.3, -0.25) is 14.5 Å². The summed E-state index contributed by atoms with van der Waals surface area (Å²) in [6.45, 7) is 4.49. The van der Waals surface area contributed by atoms with Crippen LogP contribution in [-0.4, -0.2) is 71.8 Å². The maximum atomic E-state index is 13.8. The first-order valence-corrected chi connectivity index (χ1v) is 11.7. The van der Waals surface area contributed by atoms with E-state index in [0.29, 0.717) is 24.2 Å². The topological polar surface area (TPSA) is 77.8 Å². The lowest BCUT2D eigenvalue weighted by Gasteiger charge is -2.37. The molecule has 1 fully saturated rings. The second kappa shape index (κ2) is 9.75. The average Bonchev–Trinajstić information content (AvgIpc) is 3.02. The number of fused-ring (bicyclic) bond motifs is 4. The summed E-state index contributed by atoms with van der Waals surface area (Å²) < 4.78 is 15.5. The molecule has 1 saturated heterocycles. The van der Waals surface area contributed by atoms with E-state index in [9.17, 15) is 19.1 Å². The third-order valence-corrected chi connectivity index (χ3v) is 7.06. The van der Waals surface area contributed by atoms with Gasteiger partial charge in [-0.1, -0.05) is 19.1 Å². The van der Waals surface area contributed by atoms with Crippen molar-refractivity contribution in [2.45, 2.75) is 32.0 Å². The first-order valence-electron chi connectivity index (χ1n) is 11.7. The van der Waals surface area contributed by atoms with Gasteiger partial charge in [0.2, 0.25) is 5.91 Å². The zero-order valence-electron chi connectivity index (χ0n) is 19.5. The molecule has 2 bridgehead atoms. The van der Waals surface area contributed by atoms with Crippen molar-refractivity contribution in [3.05, 3.63) is 58.3 Å². The number of nitrogens with one attached hydrogen (secondary N) is 1. The maximum absolute atomic E-state index is 13.8. The summed E-state index contributed by atoms with van der Waals surface area (Å²) in [6.07, 6.45) is 0.841. The molecule has 1 amide bonds. The van der Waals surface area contributed by atoms with Gasteiger partial charge in [-0.05, 0) is 63.4 Å². The van der Waals surface area contributed by atoms with Gasteiger partial charge in [-0.25, -0.2) is 4.39 Å². The third-order valence-electron chi connectivity index (χ3n) is 7.06. The normalized spacial score (nSPS) is 24.2. The number of aromatic nitrogens is 1. The number of likely N-dealkylation sites (N-methyl/N-ethyl adjacent to an activating group) is 1. The number of rotatable bonds is 8. The highest BCUT2D eigenvalue weighted by molar-refractivity contribution is 5.80. The number of hydrogen-bond acceptors (Lipinski definition) is 5. The van der Waals surface area contributed by atoms with E-state index in [4.69, 9.17) is 0 Å². The Morgan fingerprint density at radius 2 is 2.06 bits per heavy atom. The number of aliphatic hydroxyl groups excluding tert-OH is 1. The Morgan fingerprint density at radius 3 is 2.73 bits per heavy atom. The molecule has 4 rings (SSSR count). The predicted octanol–water partition coefficient (Wildman–Crippen LogP) is 1.71. The number of carbonyl (C=O) groups is 1. The Morgan fingerprint density at radius 1 is 1.27 bits per heavy atom. The van der Waals surface area contributed by atoms with Crippen LogP contribution in [0.3, 0.4) is 0 Å². The van der Waals surface area contributed by atoms with Crippen LogP contribution in [0, 0.1) is 17.7 Å². The highest BCUT2D eigenvalue weighted by Gasteiger charge is 2.55. The molecule has 0 radical (unpaired) electrons. The smallest absolute Gasteiger partial charge is 0.258 e. The van der Waals surface area contributed by atoms with E-state index >= 15 is 0 Å². The van der Waals surface area contributed by atoms with Crippen LogP contribution in [0.25, 0.3) is 11.1 Å². The Labute approximate surface area is 193 Å². The van der Waals surface area contributed by atoms with E-state index in [2.05, 4.69) is 15.1 Å². The van der Waals surface area contributed by atoms with Crippen LogP contribution in [0.5, 0.6) is 0 Å². The van der Waals surface area contributed by atoms with Crippen LogP contribution in [0.1, 0.15) is 25.1 Å². The van der Waals surface area contributed by atoms with E-state index in [0.717, 1.165) is 25.2 Å². The zero-order valence-corrected chi connectivity index (χ0v) is 19.5. The van der Waals surface area contributed by atoms with Crippen molar-refractivity contribution in [1.82, 2.24) is 19.7 Å². The zero-order chi connectivity index (χ0) is 23.7. The first-order chi connectivity index (χ1) is 15.9. The van der Waals surface area contributed by atoms with Crippen LogP contribution in [0.15, 0.2) is 41.2 Å². The number of carbonyl (C=O) groups excluding carboxylic acids is 1. The molecule has 33 heavy (non-hydrogen) atoms. The lowest BCUT2D eigenvalue weighted by molar-refractivity contribution is -0.127. The molecule has 0 saturated carbocycles. The summed E-state index contributed by atoms with van der Waals surface area (Å²) in [5.41, 5.74) is 1.57. The van der Waals surface area contributed by atoms with Gasteiger partial charge in [-0.2, -0.15) is 0 Å². The van der Waals surface area contributed by atoms with Crippen molar-refractivity contribution in [2.75, 3.05) is 40.3 Å². The van der Waals surface area contributed by atoms with Crippen molar-refractivity contribution >= 4 is 5.91 Å². The van der Waals surface area contributed by atoms with Crippen LogP contribution in [0.2, 0.25) is 0 Å². The Bertz CT molecular complexity index is 1070. The molecule has 8 heteroatoms. The highest BCUT2D eigenvalue weighted by Crippen LogP contribution is 2.48. The summed E-state index contributed by atoms with van der Waals surface area (Å²) in [4.78, 5) is 31.0. The maximum Gasteiger partial charge on any atom is 0.258 e. The molecule has 0 aliphatic carbocycles. The first kappa shape index (κ1) is 23.6. The van der Waals surface area contributed by atoms with E-state index in [1.165, 1.54) is 12.1 Å². The summed E-state index contributed by atoms with van der Waals surface area (Å²) in [6, 6.07) is 9.25. The molecule has 2 aromatic rings. The number of benzene rings is 1. The molecule has 2 aliphatic heterocycles. The van der Waals surface area contributed by atoms with Crippen molar-refractivity contribution < 1.29 is 14.3 Å². The minimum Gasteiger partial charge on any atom is -0.396 e. The molecule has 0 spiro atoms. The number of pyridine rings is 1.